The Kier molecular flexibility index (Phi) is 2.16. The molecule has 3 rings (SSSR count). The van der Waals surface area contributed by atoms with Gasteiger partial charge in [-0.25, -0.2) is 0 Å². The molecule has 1 aliphatic carbocycles. The molecule has 1 heterocycles. The minimum Gasteiger partial charge on any atom is -0.388 e. The zero-order valence-electron chi connectivity index (χ0n) is 9.02. The third-order valence-electron chi connectivity index (χ3n) is 3.32. The molecular weight excluding hydrogens is 240 g/mol. The Hall–Kier alpha value is -1.55. The first-order valence-electron chi connectivity index (χ1n) is 5.44. The average Bonchev–Trinajstić information content (AvgIpc) is 2.95. The first-order chi connectivity index (χ1) is 8.12. The zero-order valence-corrected chi connectivity index (χ0v) is 9.78. The predicted molar refractivity (Wildman–Crippen MR) is 63.9 cm³/mol. The van der Waals surface area contributed by atoms with Crippen molar-refractivity contribution in [1.29, 1.82) is 0 Å². The number of carbonyl (C=O) groups is 1. The van der Waals surface area contributed by atoms with Crippen LogP contribution in [0.25, 0.3) is 0 Å². The van der Waals surface area contributed by atoms with Gasteiger partial charge < -0.3 is 10.6 Å². The van der Waals surface area contributed by atoms with Crippen molar-refractivity contribution in [2.75, 3.05) is 0 Å². The lowest BCUT2D eigenvalue weighted by Gasteiger charge is -2.17. The van der Waals surface area contributed by atoms with Crippen LogP contribution in [0.2, 0.25) is 5.02 Å². The van der Waals surface area contributed by atoms with Crippen LogP contribution in [0.5, 0.6) is 0 Å². The number of hydrogen-bond acceptors (Lipinski definition) is 3. The maximum Gasteiger partial charge on any atom is 0.267 e. The van der Waals surface area contributed by atoms with E-state index in [0.717, 1.165) is 18.4 Å². The van der Waals surface area contributed by atoms with E-state index in [9.17, 15) is 4.79 Å². The molecule has 1 aromatic rings. The van der Waals surface area contributed by atoms with Gasteiger partial charge in [-0.1, -0.05) is 28.9 Å². The van der Waals surface area contributed by atoms with Crippen molar-refractivity contribution in [3.05, 3.63) is 34.9 Å². The molecule has 1 unspecified atom stereocenters. The minimum atomic E-state index is -0.520. The molecule has 0 bridgehead atoms. The van der Waals surface area contributed by atoms with E-state index in [4.69, 9.17) is 22.2 Å². The maximum atomic E-state index is 11.4. The number of carbonyl (C=O) groups excluding carboxylic acids is 1. The van der Waals surface area contributed by atoms with Crippen molar-refractivity contribution in [2.24, 2.45) is 10.9 Å². The summed E-state index contributed by atoms with van der Waals surface area (Å²) in [5, 5.41) is 4.50. The Morgan fingerprint density at radius 3 is 2.59 bits per heavy atom. The molecule has 0 aromatic heterocycles. The zero-order chi connectivity index (χ0) is 12.0. The summed E-state index contributed by atoms with van der Waals surface area (Å²) in [6.07, 6.45) is 1.81. The highest BCUT2D eigenvalue weighted by molar-refractivity contribution is 6.41. The van der Waals surface area contributed by atoms with Crippen LogP contribution in [0.15, 0.2) is 29.4 Å². The van der Waals surface area contributed by atoms with E-state index in [1.165, 1.54) is 0 Å². The second kappa shape index (κ2) is 3.47. The summed E-state index contributed by atoms with van der Waals surface area (Å²) in [5.41, 5.74) is 6.28. The van der Waals surface area contributed by atoms with E-state index in [-0.39, 0.29) is 11.5 Å². The van der Waals surface area contributed by atoms with Crippen molar-refractivity contribution in [2.45, 2.75) is 24.4 Å². The van der Waals surface area contributed by atoms with Crippen LogP contribution in [0.1, 0.15) is 24.3 Å². The van der Waals surface area contributed by atoms with Crippen molar-refractivity contribution in [1.82, 2.24) is 0 Å². The van der Waals surface area contributed by atoms with Crippen LogP contribution in [-0.4, -0.2) is 17.2 Å². The quantitative estimate of drug-likeness (QED) is 0.870. The van der Waals surface area contributed by atoms with Gasteiger partial charge in [0.2, 0.25) is 0 Å². The fraction of sp³-hybridized carbons (Fsp3) is 0.333. The Morgan fingerprint density at radius 1 is 1.41 bits per heavy atom. The van der Waals surface area contributed by atoms with Gasteiger partial charge in [0.05, 0.1) is 5.92 Å². The number of halogens is 1. The third-order valence-corrected chi connectivity index (χ3v) is 3.58. The first kappa shape index (κ1) is 10.6. The second-order valence-electron chi connectivity index (χ2n) is 4.48. The molecule has 0 saturated heterocycles. The Balaban J connectivity index is 2.01. The van der Waals surface area contributed by atoms with Crippen LogP contribution >= 0.6 is 11.6 Å². The molecule has 88 valence electrons. The summed E-state index contributed by atoms with van der Waals surface area (Å²) in [6, 6.07) is 7.37. The third kappa shape index (κ3) is 1.60. The van der Waals surface area contributed by atoms with Crippen molar-refractivity contribution in [3.63, 3.8) is 0 Å². The van der Waals surface area contributed by atoms with Gasteiger partial charge in [-0.05, 0) is 30.5 Å². The molecule has 0 radical (unpaired) electrons. The van der Waals surface area contributed by atoms with E-state index in [2.05, 4.69) is 5.16 Å². The molecule has 2 N–H and O–H groups in total. The van der Waals surface area contributed by atoms with Crippen LogP contribution < -0.4 is 5.73 Å². The Labute approximate surface area is 103 Å². The molecule has 17 heavy (non-hydrogen) atoms. The van der Waals surface area contributed by atoms with Gasteiger partial charge in [0.1, 0.15) is 0 Å². The van der Waals surface area contributed by atoms with Crippen molar-refractivity contribution >= 4 is 23.2 Å². The first-order valence-corrected chi connectivity index (χ1v) is 5.81. The van der Waals surface area contributed by atoms with Crippen LogP contribution in [0.4, 0.5) is 0 Å². The standard InChI is InChI=1S/C12H11ClN2O2/c13-8-3-1-7(2-4-8)9-10(11(14)16)15-17-12(9)5-6-12/h1-4,9H,5-6H2,(H2,14,16). The number of nitrogens with two attached hydrogens (primary N) is 1. The minimum absolute atomic E-state index is 0.155. The number of amides is 1. The molecule has 1 fully saturated rings. The normalized spacial score (nSPS) is 24.3. The molecule has 1 aromatic carbocycles. The van der Waals surface area contributed by atoms with Gasteiger partial charge in [-0.2, -0.15) is 0 Å². The highest BCUT2D eigenvalue weighted by Crippen LogP contribution is 2.54. The lowest BCUT2D eigenvalue weighted by molar-refractivity contribution is -0.112. The van der Waals surface area contributed by atoms with Gasteiger partial charge in [0.25, 0.3) is 5.91 Å². The average molecular weight is 251 g/mol. The lowest BCUT2D eigenvalue weighted by Crippen LogP contribution is -2.32. The van der Waals surface area contributed by atoms with E-state index in [0.29, 0.717) is 10.7 Å². The van der Waals surface area contributed by atoms with Crippen LogP contribution in [0.3, 0.4) is 0 Å². The second-order valence-corrected chi connectivity index (χ2v) is 4.92. The molecule has 1 atom stereocenters. The summed E-state index contributed by atoms with van der Waals surface area (Å²) in [5.74, 6) is -0.675. The van der Waals surface area contributed by atoms with E-state index in [1.54, 1.807) is 12.1 Å². The summed E-state index contributed by atoms with van der Waals surface area (Å²) in [4.78, 5) is 16.7. The van der Waals surface area contributed by atoms with E-state index < -0.39 is 5.91 Å². The van der Waals surface area contributed by atoms with Gasteiger partial charge in [-0.15, -0.1) is 0 Å². The van der Waals surface area contributed by atoms with Crippen molar-refractivity contribution < 1.29 is 9.63 Å². The molecule has 1 saturated carbocycles. The topological polar surface area (TPSA) is 64.7 Å². The molecule has 4 nitrogen and oxygen atoms in total. The smallest absolute Gasteiger partial charge is 0.267 e. The highest BCUT2D eigenvalue weighted by Gasteiger charge is 2.59. The molecule has 1 aliphatic heterocycles. The van der Waals surface area contributed by atoms with Gasteiger partial charge in [-0.3, -0.25) is 4.79 Å². The predicted octanol–water partition coefficient (Wildman–Crippen LogP) is 1.83. The monoisotopic (exact) mass is 250 g/mol. The summed E-state index contributed by atoms with van der Waals surface area (Å²) >= 11 is 5.85. The van der Waals surface area contributed by atoms with Crippen molar-refractivity contribution in [3.8, 4) is 0 Å². The number of benzene rings is 1. The molecule has 1 amide bonds. The largest absolute Gasteiger partial charge is 0.388 e. The number of oxime groups is 1. The summed E-state index contributed by atoms with van der Waals surface area (Å²) in [6.45, 7) is 0. The summed E-state index contributed by atoms with van der Waals surface area (Å²) < 4.78 is 0. The Morgan fingerprint density at radius 2 is 2.06 bits per heavy atom. The SMILES string of the molecule is NC(=O)C1=NOC2(CC2)C1c1ccc(Cl)cc1. The van der Waals surface area contributed by atoms with Crippen LogP contribution in [-0.2, 0) is 9.63 Å². The molecular formula is C12H11ClN2O2. The molecule has 5 heteroatoms. The molecule has 1 spiro atoms. The van der Waals surface area contributed by atoms with Crippen LogP contribution in [0, 0.1) is 0 Å². The van der Waals surface area contributed by atoms with Gasteiger partial charge >= 0.3 is 0 Å². The van der Waals surface area contributed by atoms with Gasteiger partial charge in [0.15, 0.2) is 11.3 Å². The van der Waals surface area contributed by atoms with Gasteiger partial charge in [0, 0.05) is 5.02 Å². The molecule has 2 aliphatic rings. The number of hydrogen-bond donors (Lipinski definition) is 1. The number of rotatable bonds is 2. The number of primary amides is 1. The highest BCUT2D eigenvalue weighted by atomic mass is 35.5. The maximum absolute atomic E-state index is 11.4. The fourth-order valence-corrected chi connectivity index (χ4v) is 2.43. The summed E-state index contributed by atoms with van der Waals surface area (Å²) in [7, 11) is 0. The van der Waals surface area contributed by atoms with E-state index >= 15 is 0 Å². The Bertz CT molecular complexity index is 506. The fourth-order valence-electron chi connectivity index (χ4n) is 2.30. The number of nitrogens with zero attached hydrogens (tertiary/aromatic N) is 1. The lowest BCUT2D eigenvalue weighted by atomic mass is 9.87. The van der Waals surface area contributed by atoms with E-state index in [1.807, 2.05) is 12.1 Å².